The van der Waals surface area contributed by atoms with E-state index in [1.807, 2.05) is 32.9 Å². The van der Waals surface area contributed by atoms with Crippen LogP contribution in [0.1, 0.15) is 45.3 Å². The van der Waals surface area contributed by atoms with Crippen LogP contribution in [0.3, 0.4) is 0 Å². The summed E-state index contributed by atoms with van der Waals surface area (Å²) in [6.07, 6.45) is 2.91. The number of rotatable bonds is 4. The molecular weight excluding hydrogens is 332 g/mol. The van der Waals surface area contributed by atoms with Crippen LogP contribution in [-0.4, -0.2) is 41.4 Å². The lowest BCUT2D eigenvalue weighted by Crippen LogP contribution is -2.30. The van der Waals surface area contributed by atoms with E-state index < -0.39 is 0 Å². The molecule has 0 unspecified atom stereocenters. The lowest BCUT2D eigenvalue weighted by molar-refractivity contribution is -0.138. The number of benzene rings is 1. The molecule has 1 aromatic heterocycles. The summed E-state index contributed by atoms with van der Waals surface area (Å²) in [7, 11) is 0. The summed E-state index contributed by atoms with van der Waals surface area (Å²) in [6.45, 7) is 10.1. The van der Waals surface area contributed by atoms with E-state index in [1.54, 1.807) is 0 Å². The van der Waals surface area contributed by atoms with Gasteiger partial charge in [-0.1, -0.05) is 12.1 Å². The molecule has 1 fully saturated rings. The molecule has 3 rings (SSSR count). The Labute approximate surface area is 154 Å². The highest BCUT2D eigenvalue weighted by Crippen LogP contribution is 2.29. The van der Waals surface area contributed by atoms with Crippen LogP contribution < -0.4 is 10.6 Å². The second-order valence-corrected chi connectivity index (χ2v) is 7.30. The average molecular weight is 360 g/mol. The zero-order chi connectivity index (χ0) is 19.2. The quantitative estimate of drug-likeness (QED) is 0.819. The van der Waals surface area contributed by atoms with Gasteiger partial charge in [-0.25, -0.2) is 0 Å². The summed E-state index contributed by atoms with van der Waals surface area (Å²) in [4.78, 5) is 20.3. The fraction of sp³-hybridized carbons (Fsp3) is 0.526. The zero-order valence-corrected chi connectivity index (χ0v) is 15.9. The zero-order valence-electron chi connectivity index (χ0n) is 15.9. The number of fused-ring (bicyclic) bond motifs is 1. The molecule has 142 valence electrons. The predicted octanol–water partition coefficient (Wildman–Crippen LogP) is 2.80. The predicted molar refractivity (Wildman–Crippen MR) is 102 cm³/mol. The SMILES string of the molecule is CC(C)(C)OC=O.Cc1c2cccc(NC=O)c2nn1C1CCNCC1. The van der Waals surface area contributed by atoms with Crippen molar-refractivity contribution >= 4 is 29.5 Å². The second kappa shape index (κ2) is 8.80. The van der Waals surface area contributed by atoms with Crippen LogP contribution in [0.25, 0.3) is 10.9 Å². The van der Waals surface area contributed by atoms with Gasteiger partial charge in [0.2, 0.25) is 6.41 Å². The molecule has 1 aliphatic heterocycles. The van der Waals surface area contributed by atoms with Crippen LogP contribution in [0.2, 0.25) is 0 Å². The highest BCUT2D eigenvalue weighted by Gasteiger charge is 2.20. The van der Waals surface area contributed by atoms with Crippen molar-refractivity contribution in [1.82, 2.24) is 15.1 Å². The smallest absolute Gasteiger partial charge is 0.293 e. The molecule has 0 aliphatic carbocycles. The van der Waals surface area contributed by atoms with E-state index in [-0.39, 0.29) is 5.60 Å². The fourth-order valence-electron chi connectivity index (χ4n) is 2.98. The van der Waals surface area contributed by atoms with E-state index in [9.17, 15) is 9.59 Å². The van der Waals surface area contributed by atoms with Crippen molar-refractivity contribution in [1.29, 1.82) is 0 Å². The number of ether oxygens (including phenoxy) is 1. The van der Waals surface area contributed by atoms with Gasteiger partial charge in [0, 0.05) is 11.1 Å². The van der Waals surface area contributed by atoms with E-state index in [1.165, 1.54) is 5.69 Å². The van der Waals surface area contributed by atoms with Crippen LogP contribution in [0, 0.1) is 6.92 Å². The van der Waals surface area contributed by atoms with Gasteiger partial charge in [-0.3, -0.25) is 14.3 Å². The molecule has 0 spiro atoms. The molecule has 1 amide bonds. The maximum absolute atomic E-state index is 10.7. The van der Waals surface area contributed by atoms with Crippen molar-refractivity contribution < 1.29 is 14.3 Å². The normalized spacial score (nSPS) is 15.1. The molecule has 1 saturated heterocycles. The van der Waals surface area contributed by atoms with E-state index >= 15 is 0 Å². The van der Waals surface area contributed by atoms with Crippen molar-refractivity contribution in [2.45, 2.75) is 52.2 Å². The molecule has 7 nitrogen and oxygen atoms in total. The van der Waals surface area contributed by atoms with E-state index in [0.29, 0.717) is 18.9 Å². The molecule has 0 atom stereocenters. The summed E-state index contributed by atoms with van der Waals surface area (Å²) in [5.41, 5.74) is 2.52. The van der Waals surface area contributed by atoms with Gasteiger partial charge < -0.3 is 15.4 Å². The number of amides is 1. The van der Waals surface area contributed by atoms with Gasteiger partial charge in [-0.2, -0.15) is 5.10 Å². The minimum absolute atomic E-state index is 0.318. The first-order valence-electron chi connectivity index (χ1n) is 8.87. The summed E-state index contributed by atoms with van der Waals surface area (Å²) in [5.74, 6) is 0. The Morgan fingerprint density at radius 1 is 1.27 bits per heavy atom. The van der Waals surface area contributed by atoms with Crippen molar-refractivity contribution in [2.24, 2.45) is 0 Å². The molecule has 26 heavy (non-hydrogen) atoms. The standard InChI is InChI=1S/C14H18N4O.C5H10O2/c1-10-12-3-2-4-13(16-9-19)14(12)17-18(10)11-5-7-15-8-6-11;1-5(2,3)7-4-6/h2-4,9,11,15H,5-8H2,1H3,(H,16,19);4H,1-3H3. The van der Waals surface area contributed by atoms with Crippen molar-refractivity contribution in [3.8, 4) is 0 Å². The second-order valence-electron chi connectivity index (χ2n) is 7.30. The Morgan fingerprint density at radius 3 is 2.50 bits per heavy atom. The van der Waals surface area contributed by atoms with Gasteiger partial charge in [0.1, 0.15) is 11.1 Å². The van der Waals surface area contributed by atoms with E-state index in [2.05, 4.69) is 33.0 Å². The van der Waals surface area contributed by atoms with Crippen molar-refractivity contribution in [2.75, 3.05) is 18.4 Å². The third kappa shape index (κ3) is 5.05. The summed E-state index contributed by atoms with van der Waals surface area (Å²) in [6, 6.07) is 6.36. The molecule has 0 saturated carbocycles. The highest BCUT2D eigenvalue weighted by molar-refractivity contribution is 5.95. The van der Waals surface area contributed by atoms with Crippen LogP contribution in [0.4, 0.5) is 5.69 Å². The van der Waals surface area contributed by atoms with Crippen LogP contribution in [-0.2, 0) is 14.3 Å². The summed E-state index contributed by atoms with van der Waals surface area (Å²) >= 11 is 0. The molecular formula is C19H28N4O3. The Balaban J connectivity index is 0.000000298. The molecule has 1 aliphatic rings. The average Bonchev–Trinajstić information content (AvgIpc) is 2.94. The van der Waals surface area contributed by atoms with Crippen molar-refractivity contribution in [3.63, 3.8) is 0 Å². The largest absolute Gasteiger partial charge is 0.462 e. The molecule has 2 aromatic rings. The molecule has 7 heteroatoms. The lowest BCUT2D eigenvalue weighted by atomic mass is 10.1. The third-order valence-corrected chi connectivity index (χ3v) is 4.25. The first-order valence-corrected chi connectivity index (χ1v) is 8.87. The fourth-order valence-corrected chi connectivity index (χ4v) is 2.98. The van der Waals surface area contributed by atoms with Gasteiger partial charge in [0.25, 0.3) is 6.47 Å². The summed E-state index contributed by atoms with van der Waals surface area (Å²) in [5, 5.41) is 11.9. The monoisotopic (exact) mass is 360 g/mol. The highest BCUT2D eigenvalue weighted by atomic mass is 16.5. The first kappa shape index (κ1) is 19.9. The Kier molecular flexibility index (Phi) is 6.74. The van der Waals surface area contributed by atoms with E-state index in [0.717, 1.165) is 42.5 Å². The van der Waals surface area contributed by atoms with Crippen LogP contribution in [0.15, 0.2) is 18.2 Å². The molecule has 2 heterocycles. The number of hydrogen-bond donors (Lipinski definition) is 2. The number of piperidine rings is 1. The maximum atomic E-state index is 10.7. The Bertz CT molecular complexity index is 743. The Morgan fingerprint density at radius 2 is 1.96 bits per heavy atom. The maximum Gasteiger partial charge on any atom is 0.293 e. The van der Waals surface area contributed by atoms with Crippen LogP contribution >= 0.6 is 0 Å². The molecule has 0 radical (unpaired) electrons. The lowest BCUT2D eigenvalue weighted by Gasteiger charge is -2.24. The number of carbonyl (C=O) groups is 2. The van der Waals surface area contributed by atoms with Crippen LogP contribution in [0.5, 0.6) is 0 Å². The third-order valence-electron chi connectivity index (χ3n) is 4.25. The number of hydrogen-bond acceptors (Lipinski definition) is 5. The summed E-state index contributed by atoms with van der Waals surface area (Å²) < 4.78 is 6.68. The number of aromatic nitrogens is 2. The van der Waals surface area contributed by atoms with Crippen molar-refractivity contribution in [3.05, 3.63) is 23.9 Å². The van der Waals surface area contributed by atoms with Gasteiger partial charge in [-0.15, -0.1) is 0 Å². The Hall–Kier alpha value is -2.41. The number of carbonyl (C=O) groups excluding carboxylic acids is 2. The van der Waals surface area contributed by atoms with Gasteiger partial charge >= 0.3 is 0 Å². The number of aryl methyl sites for hydroxylation is 1. The van der Waals surface area contributed by atoms with Gasteiger partial charge in [0.05, 0.1) is 11.7 Å². The van der Waals surface area contributed by atoms with Gasteiger partial charge in [-0.05, 0) is 59.7 Å². The van der Waals surface area contributed by atoms with Gasteiger partial charge in [0.15, 0.2) is 0 Å². The molecule has 2 N–H and O–H groups in total. The molecule has 1 aromatic carbocycles. The minimum Gasteiger partial charge on any atom is -0.462 e. The number of anilines is 1. The van der Waals surface area contributed by atoms with E-state index in [4.69, 9.17) is 5.10 Å². The topological polar surface area (TPSA) is 85.2 Å². The minimum atomic E-state index is -0.318. The first-order chi connectivity index (χ1) is 12.4. The molecule has 0 bridgehead atoms. The number of nitrogens with zero attached hydrogens (tertiary/aromatic N) is 2. The number of nitrogens with one attached hydrogen (secondary N) is 2.